The summed E-state index contributed by atoms with van der Waals surface area (Å²) in [6.45, 7) is 3.69. The summed E-state index contributed by atoms with van der Waals surface area (Å²) in [7, 11) is -9.81. The molecule has 394 valence electrons. The second kappa shape index (κ2) is 39.1. The highest BCUT2D eigenvalue weighted by Gasteiger charge is 2.39. The van der Waals surface area contributed by atoms with Crippen LogP contribution in [0.25, 0.3) is 0 Å². The van der Waals surface area contributed by atoms with E-state index >= 15 is 0 Å². The molecule has 1 saturated carbocycles. The maximum atomic E-state index is 12.9. The zero-order chi connectivity index (χ0) is 49.8. The number of carbonyl (C=O) groups is 2. The molecule has 1 aliphatic rings. The number of carbonyl (C=O) groups excluding carboxylic acids is 2. The molecular formula is C49H92O16P2. The zero-order valence-corrected chi connectivity index (χ0v) is 43.0. The number of aliphatic hydroxyl groups is 4. The van der Waals surface area contributed by atoms with Gasteiger partial charge in [0.2, 0.25) is 0 Å². The van der Waals surface area contributed by atoms with Crippen LogP contribution in [0.5, 0.6) is 0 Å². The third-order valence-corrected chi connectivity index (χ3v) is 13.9. The van der Waals surface area contributed by atoms with Gasteiger partial charge in [0.25, 0.3) is 0 Å². The molecule has 1 aliphatic carbocycles. The van der Waals surface area contributed by atoms with E-state index in [-0.39, 0.29) is 25.2 Å². The van der Waals surface area contributed by atoms with Gasteiger partial charge in [-0.1, -0.05) is 186 Å². The Balaban J connectivity index is 2.47. The molecule has 18 heteroatoms. The smallest absolute Gasteiger partial charge is 0.462 e. The molecule has 0 aromatic heterocycles. The lowest BCUT2D eigenvalue weighted by atomic mass is 9.89. The lowest BCUT2D eigenvalue weighted by molar-refractivity contribution is -0.160. The Hall–Kier alpha value is -1.52. The van der Waals surface area contributed by atoms with E-state index in [0.717, 1.165) is 50.9 Å². The number of phosphoric ester groups is 2. The first kappa shape index (κ1) is 63.5. The Morgan fingerprint density at radius 1 is 0.642 bits per heavy atom. The Bertz CT molecular complexity index is 1410. The lowest BCUT2D eigenvalue weighted by Gasteiger charge is -2.20. The van der Waals surface area contributed by atoms with Crippen LogP contribution in [0.2, 0.25) is 0 Å². The average molecular weight is 999 g/mol. The summed E-state index contributed by atoms with van der Waals surface area (Å²) < 4.78 is 47.9. The molecule has 0 radical (unpaired) electrons. The summed E-state index contributed by atoms with van der Waals surface area (Å²) in [6.07, 6.45) is 30.1. The van der Waals surface area contributed by atoms with Gasteiger partial charge >= 0.3 is 27.6 Å². The molecule has 0 aromatic carbocycles. The molecule has 0 bridgehead atoms. The van der Waals surface area contributed by atoms with Gasteiger partial charge in [-0.2, -0.15) is 0 Å². The Kier molecular flexibility index (Phi) is 37.1. The van der Waals surface area contributed by atoms with E-state index in [1.54, 1.807) is 18.2 Å². The highest BCUT2D eigenvalue weighted by Crippen LogP contribution is 2.44. The number of hydrogen-bond donors (Lipinski definition) is 7. The van der Waals surface area contributed by atoms with Gasteiger partial charge in [0.05, 0.1) is 44.6 Å². The van der Waals surface area contributed by atoms with E-state index in [1.807, 2.05) is 0 Å². The van der Waals surface area contributed by atoms with Crippen LogP contribution in [0.3, 0.4) is 0 Å². The standard InChI is InChI=1S/C49H92O16P2/c1-4-6-23-29-41(50)33-34-45-44(46(52)35-47(45)53)30-26-27-32-49(55)65-43(39-64-67(59,60)63-37-42(51)36-62-66(56,57)58)38-61-48(54)31-25-22-20-18-16-14-12-10-8-7-9-11-13-15-17-19-21-24-28-40(3)5-2/h26-27,33-34,40-47,50-53H,4-25,28-32,35-39H2,1-3H3,(H,59,60)(H2,56,57,58)/b27-26-,34-33+/t40?,41-,42+,43-,44+,45-,46+,47-/m1/s1. The number of hydrogen-bond acceptors (Lipinski definition) is 13. The number of aliphatic hydroxyl groups excluding tert-OH is 4. The van der Waals surface area contributed by atoms with Crippen molar-refractivity contribution >= 4 is 27.6 Å². The summed E-state index contributed by atoms with van der Waals surface area (Å²) in [5.74, 6) is -1.19. The van der Waals surface area contributed by atoms with Crippen LogP contribution in [0.4, 0.5) is 0 Å². The van der Waals surface area contributed by atoms with E-state index in [9.17, 15) is 44.0 Å². The van der Waals surface area contributed by atoms with Gasteiger partial charge in [-0.05, 0) is 31.1 Å². The minimum absolute atomic E-state index is 0.133. The maximum absolute atomic E-state index is 12.9. The van der Waals surface area contributed by atoms with E-state index in [0.29, 0.717) is 19.3 Å². The first-order valence-corrected chi connectivity index (χ1v) is 28.7. The van der Waals surface area contributed by atoms with Gasteiger partial charge in [0.1, 0.15) is 12.7 Å². The lowest BCUT2D eigenvalue weighted by Crippen LogP contribution is -2.29. The molecule has 16 nitrogen and oxygen atoms in total. The minimum Gasteiger partial charge on any atom is -0.462 e. The van der Waals surface area contributed by atoms with Gasteiger partial charge in [-0.15, -0.1) is 0 Å². The number of rotatable bonds is 44. The zero-order valence-electron chi connectivity index (χ0n) is 41.3. The van der Waals surface area contributed by atoms with Crippen molar-refractivity contribution in [2.45, 2.75) is 231 Å². The van der Waals surface area contributed by atoms with Crippen LogP contribution in [-0.4, -0.2) is 104 Å². The quantitative estimate of drug-likeness (QED) is 0.0130. The fourth-order valence-corrected chi connectivity index (χ4v) is 9.28. The van der Waals surface area contributed by atoms with E-state index in [1.165, 1.54) is 102 Å². The first-order chi connectivity index (χ1) is 32.0. The average Bonchev–Trinajstić information content (AvgIpc) is 3.55. The molecule has 0 heterocycles. The van der Waals surface area contributed by atoms with Crippen molar-refractivity contribution in [1.29, 1.82) is 0 Å². The van der Waals surface area contributed by atoms with Gasteiger partial charge in [-0.25, -0.2) is 9.13 Å². The van der Waals surface area contributed by atoms with E-state index in [2.05, 4.69) is 29.8 Å². The number of phosphoric acid groups is 2. The molecule has 9 atom stereocenters. The normalized spacial score (nSPS) is 20.6. The van der Waals surface area contributed by atoms with Gasteiger partial charge in [0.15, 0.2) is 6.10 Å². The minimum atomic E-state index is -4.91. The molecule has 7 N–H and O–H groups in total. The second-order valence-corrected chi connectivity index (χ2v) is 21.4. The molecule has 0 saturated heterocycles. The summed E-state index contributed by atoms with van der Waals surface area (Å²) in [6, 6.07) is 0. The van der Waals surface area contributed by atoms with Gasteiger partial charge in [-0.3, -0.25) is 23.2 Å². The Labute approximate surface area is 402 Å². The Morgan fingerprint density at radius 3 is 1.72 bits per heavy atom. The van der Waals surface area contributed by atoms with Crippen molar-refractivity contribution in [2.75, 3.05) is 26.4 Å². The predicted molar refractivity (Wildman–Crippen MR) is 260 cm³/mol. The molecule has 1 rings (SSSR count). The number of allylic oxidation sites excluding steroid dienone is 1. The summed E-state index contributed by atoms with van der Waals surface area (Å²) in [5.41, 5.74) is 0. The topological polar surface area (TPSA) is 256 Å². The predicted octanol–water partition coefficient (Wildman–Crippen LogP) is 10.1. The molecule has 2 unspecified atom stereocenters. The molecule has 0 spiro atoms. The maximum Gasteiger partial charge on any atom is 0.472 e. The van der Waals surface area contributed by atoms with Gasteiger partial charge in [0, 0.05) is 18.8 Å². The molecule has 0 aliphatic heterocycles. The number of unbranched alkanes of at least 4 members (excludes halogenated alkanes) is 19. The van der Waals surface area contributed by atoms with Crippen LogP contribution in [0, 0.1) is 17.8 Å². The third-order valence-electron chi connectivity index (χ3n) is 12.5. The summed E-state index contributed by atoms with van der Waals surface area (Å²) in [4.78, 5) is 53.2. The summed E-state index contributed by atoms with van der Waals surface area (Å²) >= 11 is 0. The highest BCUT2D eigenvalue weighted by atomic mass is 31.2. The fraction of sp³-hybridized carbons (Fsp3) is 0.878. The molecule has 0 aromatic rings. The molecular weight excluding hydrogens is 906 g/mol. The molecule has 67 heavy (non-hydrogen) atoms. The largest absolute Gasteiger partial charge is 0.472 e. The third kappa shape index (κ3) is 36.1. The molecule has 1 fully saturated rings. The monoisotopic (exact) mass is 999 g/mol. The van der Waals surface area contributed by atoms with Gasteiger partial charge < -0.3 is 44.6 Å². The number of esters is 2. The Morgan fingerprint density at radius 2 is 1.16 bits per heavy atom. The van der Waals surface area contributed by atoms with Crippen LogP contribution < -0.4 is 0 Å². The van der Waals surface area contributed by atoms with Crippen molar-refractivity contribution in [3.05, 3.63) is 24.3 Å². The summed E-state index contributed by atoms with van der Waals surface area (Å²) in [5, 5.41) is 41.3. The van der Waals surface area contributed by atoms with Crippen LogP contribution >= 0.6 is 15.6 Å². The van der Waals surface area contributed by atoms with Crippen molar-refractivity contribution in [2.24, 2.45) is 17.8 Å². The van der Waals surface area contributed by atoms with Crippen LogP contribution in [0.1, 0.15) is 201 Å². The van der Waals surface area contributed by atoms with E-state index < -0.39 is 90.4 Å². The second-order valence-electron chi connectivity index (χ2n) is 18.7. The number of ether oxygens (including phenoxy) is 2. The van der Waals surface area contributed by atoms with E-state index in [4.69, 9.17) is 23.8 Å². The van der Waals surface area contributed by atoms with Crippen LogP contribution in [-0.2, 0) is 41.8 Å². The van der Waals surface area contributed by atoms with Crippen molar-refractivity contribution in [1.82, 2.24) is 0 Å². The molecule has 0 amide bonds. The highest BCUT2D eigenvalue weighted by molar-refractivity contribution is 7.47. The van der Waals surface area contributed by atoms with Crippen LogP contribution in [0.15, 0.2) is 24.3 Å². The fourth-order valence-electron chi connectivity index (χ4n) is 8.12. The van der Waals surface area contributed by atoms with Crippen molar-refractivity contribution in [3.63, 3.8) is 0 Å². The van der Waals surface area contributed by atoms with Crippen molar-refractivity contribution in [3.8, 4) is 0 Å². The van der Waals surface area contributed by atoms with Crippen molar-refractivity contribution < 1.29 is 76.9 Å². The SMILES string of the molecule is CCCCC[C@@H](O)/C=C/[C@@H]1[C@H](C/C=C\CC(=O)O[C@H](COC(=O)CCCCCCCCCCCCCCCCCCCCC(C)CC)COP(=O)(O)OC[C@@H](O)COP(=O)(O)O)[C@@H](O)C[C@H]1O. The first-order valence-electron chi connectivity index (χ1n) is 25.7.